The van der Waals surface area contributed by atoms with Gasteiger partial charge in [-0.05, 0) is 40.9 Å². The highest BCUT2D eigenvalue weighted by molar-refractivity contribution is 9.10. The number of benzene rings is 1. The van der Waals surface area contributed by atoms with Crippen LogP contribution in [0.25, 0.3) is 0 Å². The van der Waals surface area contributed by atoms with Crippen molar-refractivity contribution in [1.29, 1.82) is 0 Å². The van der Waals surface area contributed by atoms with E-state index >= 15 is 0 Å². The first kappa shape index (κ1) is 19.3. The normalized spacial score (nSPS) is 13.6. The van der Waals surface area contributed by atoms with Gasteiger partial charge in [0.05, 0.1) is 6.42 Å². The van der Waals surface area contributed by atoms with E-state index in [0.717, 1.165) is 34.4 Å². The molecule has 2 aromatic heterocycles. The number of rotatable bonds is 6. The van der Waals surface area contributed by atoms with Crippen LogP contribution in [0.1, 0.15) is 30.1 Å². The lowest BCUT2D eigenvalue weighted by atomic mass is 10.1. The van der Waals surface area contributed by atoms with E-state index in [-0.39, 0.29) is 0 Å². The van der Waals surface area contributed by atoms with E-state index in [2.05, 4.69) is 42.4 Å². The summed E-state index contributed by atoms with van der Waals surface area (Å²) in [5.74, 6) is 3.32. The molecular weight excluding hydrogens is 434 g/mol. The highest BCUT2D eigenvalue weighted by Crippen LogP contribution is 2.28. The molecule has 1 aromatic carbocycles. The lowest BCUT2D eigenvalue weighted by Gasteiger charge is -2.16. The zero-order chi connectivity index (χ0) is 20.1. The molecule has 4 rings (SSSR count). The van der Waals surface area contributed by atoms with Crippen LogP contribution in [0, 0.1) is 6.92 Å². The lowest BCUT2D eigenvalue weighted by Crippen LogP contribution is -2.17. The third kappa shape index (κ3) is 5.29. The molecule has 29 heavy (non-hydrogen) atoms. The van der Waals surface area contributed by atoms with Crippen LogP contribution in [0.2, 0.25) is 0 Å². The van der Waals surface area contributed by atoms with Gasteiger partial charge < -0.3 is 14.6 Å². The Kier molecular flexibility index (Phi) is 6.00. The highest BCUT2D eigenvalue weighted by Gasteiger charge is 2.14. The smallest absolute Gasteiger partial charge is 0.232 e. The topological polar surface area (TPSA) is 85.4 Å². The Morgan fingerprint density at radius 2 is 2.10 bits per heavy atom. The van der Waals surface area contributed by atoms with Gasteiger partial charge in [-0.25, -0.2) is 9.98 Å². The number of anilines is 1. The van der Waals surface area contributed by atoms with Gasteiger partial charge in [0, 0.05) is 22.8 Å². The predicted octanol–water partition coefficient (Wildman–Crippen LogP) is 4.85. The third-order valence-electron chi connectivity index (χ3n) is 4.26. The summed E-state index contributed by atoms with van der Waals surface area (Å²) in [6.45, 7) is 2.26. The van der Waals surface area contributed by atoms with E-state index in [1.807, 2.05) is 36.4 Å². The second kappa shape index (κ2) is 9.00. The van der Waals surface area contributed by atoms with Crippen LogP contribution in [0.5, 0.6) is 5.75 Å². The van der Waals surface area contributed by atoms with Crippen LogP contribution in [-0.4, -0.2) is 21.0 Å². The molecule has 0 saturated heterocycles. The summed E-state index contributed by atoms with van der Waals surface area (Å²) in [4.78, 5) is 13.4. The van der Waals surface area contributed by atoms with E-state index in [4.69, 9.17) is 14.3 Å². The van der Waals surface area contributed by atoms with Gasteiger partial charge in [0.25, 0.3) is 0 Å². The average molecular weight is 454 g/mol. The number of halogens is 1. The fourth-order valence-corrected chi connectivity index (χ4v) is 3.23. The number of pyridine rings is 1. The second-order valence-corrected chi connectivity index (χ2v) is 7.52. The molecule has 0 bridgehead atoms. The molecule has 0 radical (unpaired) electrons. The molecule has 148 valence electrons. The quantitative estimate of drug-likeness (QED) is 0.574. The van der Waals surface area contributed by atoms with Gasteiger partial charge >= 0.3 is 0 Å². The molecular formula is C21H20BrN5O2. The Balaban J connectivity index is 1.47. The molecule has 0 spiro atoms. The van der Waals surface area contributed by atoms with Crippen LogP contribution < -0.4 is 10.1 Å². The zero-order valence-corrected chi connectivity index (χ0v) is 17.5. The van der Waals surface area contributed by atoms with E-state index < -0.39 is 0 Å². The maximum Gasteiger partial charge on any atom is 0.232 e. The monoisotopic (exact) mass is 453 g/mol. The van der Waals surface area contributed by atoms with E-state index in [1.165, 1.54) is 0 Å². The number of aliphatic imine (C=N–C) groups is 1. The van der Waals surface area contributed by atoms with Crippen molar-refractivity contribution in [2.45, 2.75) is 32.8 Å². The number of hydrogen-bond donors (Lipinski definition) is 1. The molecule has 1 N–H and O–H groups in total. The minimum absolute atomic E-state index is 0.460. The summed E-state index contributed by atoms with van der Waals surface area (Å²) in [6.07, 6.45) is 6.01. The molecule has 3 aromatic rings. The Hall–Kier alpha value is -3.00. The van der Waals surface area contributed by atoms with Gasteiger partial charge in [-0.3, -0.25) is 0 Å². The molecule has 0 unspecified atom stereocenters. The average Bonchev–Trinajstić information content (AvgIpc) is 3.14. The van der Waals surface area contributed by atoms with Crippen LogP contribution in [0.15, 0.2) is 68.4 Å². The van der Waals surface area contributed by atoms with Gasteiger partial charge in [0.1, 0.15) is 12.4 Å². The van der Waals surface area contributed by atoms with Crippen molar-refractivity contribution in [3.8, 4) is 5.75 Å². The SMILES string of the molecule is Cc1noc(CC2=CCCC(Nc3ncc(Br)cc3OCc3ccccc3)=N2)n1. The maximum atomic E-state index is 6.01. The van der Waals surface area contributed by atoms with Gasteiger partial charge in [-0.15, -0.1) is 0 Å². The number of hydrogen-bond acceptors (Lipinski definition) is 7. The van der Waals surface area contributed by atoms with Crippen molar-refractivity contribution in [2.75, 3.05) is 5.32 Å². The van der Waals surface area contributed by atoms with Gasteiger partial charge in [-0.2, -0.15) is 4.98 Å². The first-order chi connectivity index (χ1) is 14.2. The number of nitrogens with zero attached hydrogens (tertiary/aromatic N) is 4. The molecule has 0 atom stereocenters. The first-order valence-corrected chi connectivity index (χ1v) is 10.1. The lowest BCUT2D eigenvalue weighted by molar-refractivity contribution is 0.306. The number of aryl methyl sites for hydroxylation is 1. The molecule has 8 heteroatoms. The number of nitrogens with one attached hydrogen (secondary N) is 1. The van der Waals surface area contributed by atoms with Crippen molar-refractivity contribution in [2.24, 2.45) is 4.99 Å². The van der Waals surface area contributed by atoms with Crippen molar-refractivity contribution >= 4 is 27.6 Å². The molecule has 0 amide bonds. The molecule has 0 aliphatic carbocycles. The minimum Gasteiger partial charge on any atom is -0.485 e. The summed E-state index contributed by atoms with van der Waals surface area (Å²) in [7, 11) is 0. The maximum absolute atomic E-state index is 6.01. The van der Waals surface area contributed by atoms with Crippen LogP contribution in [0.4, 0.5) is 5.82 Å². The standard InChI is InChI=1S/C21H20BrN5O2/c1-14-24-20(29-27-14)11-17-8-5-9-19(25-17)26-21-18(10-16(22)12-23-21)28-13-15-6-3-2-4-7-15/h2-4,6-8,10,12H,5,9,11,13H2,1H3,(H,23,25,26). The van der Waals surface area contributed by atoms with Gasteiger partial charge in [0.2, 0.25) is 5.89 Å². The largest absolute Gasteiger partial charge is 0.485 e. The Morgan fingerprint density at radius 1 is 1.24 bits per heavy atom. The number of amidine groups is 1. The van der Waals surface area contributed by atoms with Gasteiger partial charge in [0.15, 0.2) is 17.4 Å². The molecule has 1 aliphatic heterocycles. The van der Waals surface area contributed by atoms with Gasteiger partial charge in [-0.1, -0.05) is 41.6 Å². The van der Waals surface area contributed by atoms with Crippen molar-refractivity contribution in [1.82, 2.24) is 15.1 Å². The number of ether oxygens (including phenoxy) is 1. The summed E-state index contributed by atoms with van der Waals surface area (Å²) >= 11 is 3.46. The van der Waals surface area contributed by atoms with E-state index in [9.17, 15) is 0 Å². The van der Waals surface area contributed by atoms with Crippen LogP contribution in [0.3, 0.4) is 0 Å². The number of allylic oxidation sites excluding steroid dienone is 2. The molecule has 3 heterocycles. The molecule has 7 nitrogen and oxygen atoms in total. The number of aromatic nitrogens is 3. The van der Waals surface area contributed by atoms with Crippen molar-refractivity contribution in [3.63, 3.8) is 0 Å². The predicted molar refractivity (Wildman–Crippen MR) is 114 cm³/mol. The molecule has 1 aliphatic rings. The van der Waals surface area contributed by atoms with Crippen LogP contribution in [-0.2, 0) is 13.0 Å². The third-order valence-corrected chi connectivity index (χ3v) is 4.69. The zero-order valence-electron chi connectivity index (χ0n) is 15.9. The molecule has 0 saturated carbocycles. The summed E-state index contributed by atoms with van der Waals surface area (Å²) in [6, 6.07) is 11.9. The molecule has 0 fully saturated rings. The van der Waals surface area contributed by atoms with E-state index in [1.54, 1.807) is 13.1 Å². The van der Waals surface area contributed by atoms with Crippen molar-refractivity contribution < 1.29 is 9.26 Å². The fraction of sp³-hybridized carbons (Fsp3) is 0.238. The van der Waals surface area contributed by atoms with E-state index in [0.29, 0.717) is 36.3 Å². The fourth-order valence-electron chi connectivity index (χ4n) is 2.92. The summed E-state index contributed by atoms with van der Waals surface area (Å²) in [5, 5.41) is 7.15. The highest BCUT2D eigenvalue weighted by atomic mass is 79.9. The Labute approximate surface area is 177 Å². The first-order valence-electron chi connectivity index (χ1n) is 9.31. The summed E-state index contributed by atoms with van der Waals surface area (Å²) < 4.78 is 12.1. The van der Waals surface area contributed by atoms with Crippen LogP contribution >= 0.6 is 15.9 Å². The summed E-state index contributed by atoms with van der Waals surface area (Å²) in [5.41, 5.74) is 1.99. The second-order valence-electron chi connectivity index (χ2n) is 6.60. The Bertz CT molecular complexity index is 1050. The minimum atomic E-state index is 0.460. The Morgan fingerprint density at radius 3 is 2.90 bits per heavy atom. The van der Waals surface area contributed by atoms with Crippen molar-refractivity contribution in [3.05, 3.63) is 76.1 Å².